The molecule has 0 aromatic carbocycles. The fraction of sp³-hybridized carbons (Fsp3) is 0.529. The normalized spacial score (nSPS) is 21.4. The molecule has 3 heterocycles. The number of hydrogen-bond donors (Lipinski definition) is 1. The second kappa shape index (κ2) is 6.10. The Labute approximate surface area is 135 Å². The molecular formula is C17H21N5O. The van der Waals surface area contributed by atoms with Crippen molar-refractivity contribution in [2.45, 2.75) is 25.7 Å². The Morgan fingerprint density at radius 3 is 2.96 bits per heavy atom. The molecule has 1 atom stereocenters. The molecule has 0 bridgehead atoms. The zero-order valence-corrected chi connectivity index (χ0v) is 13.1. The number of fused-ring (bicyclic) bond motifs is 1. The predicted molar refractivity (Wildman–Crippen MR) is 88.0 cm³/mol. The van der Waals surface area contributed by atoms with Crippen molar-refractivity contribution < 1.29 is 4.79 Å². The van der Waals surface area contributed by atoms with Gasteiger partial charge in [0.05, 0.1) is 17.8 Å². The summed E-state index contributed by atoms with van der Waals surface area (Å²) in [5.41, 5.74) is 2.48. The Morgan fingerprint density at radius 1 is 1.22 bits per heavy atom. The van der Waals surface area contributed by atoms with E-state index in [1.54, 1.807) is 12.4 Å². The zero-order chi connectivity index (χ0) is 15.6. The van der Waals surface area contributed by atoms with Crippen LogP contribution in [0, 0.1) is 11.8 Å². The topological polar surface area (TPSA) is 71.0 Å². The lowest BCUT2D eigenvalue weighted by Gasteiger charge is -2.33. The molecule has 2 aromatic rings. The lowest BCUT2D eigenvalue weighted by Crippen LogP contribution is -2.43. The summed E-state index contributed by atoms with van der Waals surface area (Å²) in [5.74, 6) is 0.997. The van der Waals surface area contributed by atoms with Crippen molar-refractivity contribution in [1.29, 1.82) is 0 Å². The highest BCUT2D eigenvalue weighted by molar-refractivity contribution is 5.80. The molecule has 4 rings (SSSR count). The number of nitrogens with one attached hydrogen (secondary N) is 1. The maximum atomic E-state index is 12.3. The van der Waals surface area contributed by atoms with Crippen molar-refractivity contribution in [2.24, 2.45) is 11.8 Å². The van der Waals surface area contributed by atoms with Crippen LogP contribution < -0.4 is 10.2 Å². The van der Waals surface area contributed by atoms with Gasteiger partial charge in [-0.2, -0.15) is 0 Å². The van der Waals surface area contributed by atoms with E-state index in [-0.39, 0.29) is 11.8 Å². The summed E-state index contributed by atoms with van der Waals surface area (Å²) < 4.78 is 0. The van der Waals surface area contributed by atoms with Gasteiger partial charge in [0.1, 0.15) is 5.52 Å². The third kappa shape index (κ3) is 3.25. The highest BCUT2D eigenvalue weighted by Gasteiger charge is 2.28. The van der Waals surface area contributed by atoms with Crippen LogP contribution in [0.1, 0.15) is 25.7 Å². The molecule has 1 saturated carbocycles. The monoisotopic (exact) mass is 311 g/mol. The van der Waals surface area contributed by atoms with Gasteiger partial charge in [-0.1, -0.05) is 0 Å². The molecule has 2 fully saturated rings. The minimum Gasteiger partial charge on any atom is -0.369 e. The maximum absolute atomic E-state index is 12.3. The molecule has 6 nitrogen and oxygen atoms in total. The molecule has 2 aromatic heterocycles. The van der Waals surface area contributed by atoms with Gasteiger partial charge in [-0.15, -0.1) is 0 Å². The largest absolute Gasteiger partial charge is 0.369 e. The van der Waals surface area contributed by atoms with Gasteiger partial charge >= 0.3 is 0 Å². The summed E-state index contributed by atoms with van der Waals surface area (Å²) in [7, 11) is 0. The minimum absolute atomic E-state index is 0.0695. The van der Waals surface area contributed by atoms with Gasteiger partial charge in [0.15, 0.2) is 5.65 Å². The van der Waals surface area contributed by atoms with Gasteiger partial charge in [0.25, 0.3) is 0 Å². The molecule has 1 amide bonds. The van der Waals surface area contributed by atoms with E-state index in [0.717, 1.165) is 49.6 Å². The molecule has 2 aliphatic rings. The summed E-state index contributed by atoms with van der Waals surface area (Å²) in [6, 6.07) is 2.01. The van der Waals surface area contributed by atoms with E-state index in [4.69, 9.17) is 0 Å². The van der Waals surface area contributed by atoms with Crippen LogP contribution in [-0.2, 0) is 4.79 Å². The number of rotatable bonds is 4. The first kappa shape index (κ1) is 14.4. The van der Waals surface area contributed by atoms with Crippen molar-refractivity contribution >= 4 is 22.8 Å². The molecule has 120 valence electrons. The Balaban J connectivity index is 1.45. The van der Waals surface area contributed by atoms with Gasteiger partial charge in [-0.05, 0) is 37.7 Å². The van der Waals surface area contributed by atoms with Crippen LogP contribution in [-0.4, -0.2) is 40.5 Å². The van der Waals surface area contributed by atoms with Gasteiger partial charge in [-0.25, -0.2) is 9.97 Å². The molecule has 0 radical (unpaired) electrons. The Bertz CT molecular complexity index is 715. The smallest absolute Gasteiger partial charge is 0.224 e. The van der Waals surface area contributed by atoms with Gasteiger partial charge in [-0.3, -0.25) is 9.78 Å². The second-order valence-corrected chi connectivity index (χ2v) is 6.57. The molecule has 1 aliphatic heterocycles. The minimum atomic E-state index is 0.0695. The standard InChI is InChI=1S/C17H21N5O/c23-17(21-9-12-3-4-12)13-2-1-7-22(11-13)14-8-15-16(20-10-14)19-6-5-18-15/h5-6,8,10,12-13H,1-4,7,9,11H2,(H,21,23)/t13-/m0/s1. The molecule has 1 saturated heterocycles. The average Bonchev–Trinajstić information content (AvgIpc) is 3.44. The van der Waals surface area contributed by atoms with Crippen molar-refractivity contribution in [2.75, 3.05) is 24.5 Å². The third-order valence-corrected chi connectivity index (χ3v) is 4.73. The maximum Gasteiger partial charge on any atom is 0.224 e. The number of carbonyl (C=O) groups is 1. The van der Waals surface area contributed by atoms with E-state index in [0.29, 0.717) is 5.65 Å². The van der Waals surface area contributed by atoms with Crippen LogP contribution in [0.3, 0.4) is 0 Å². The molecule has 1 N–H and O–H groups in total. The number of piperidine rings is 1. The van der Waals surface area contributed by atoms with Gasteiger partial charge in [0, 0.05) is 32.0 Å². The fourth-order valence-corrected chi connectivity index (χ4v) is 3.16. The Hall–Kier alpha value is -2.24. The highest BCUT2D eigenvalue weighted by Crippen LogP contribution is 2.28. The molecular weight excluding hydrogens is 290 g/mol. The number of carbonyl (C=O) groups excluding carboxylic acids is 1. The van der Waals surface area contributed by atoms with E-state index >= 15 is 0 Å². The first-order valence-corrected chi connectivity index (χ1v) is 8.39. The second-order valence-electron chi connectivity index (χ2n) is 6.57. The Kier molecular flexibility index (Phi) is 3.81. The highest BCUT2D eigenvalue weighted by atomic mass is 16.1. The summed E-state index contributed by atoms with van der Waals surface area (Å²) >= 11 is 0. The Morgan fingerprint density at radius 2 is 2.09 bits per heavy atom. The third-order valence-electron chi connectivity index (χ3n) is 4.73. The first-order chi connectivity index (χ1) is 11.3. The zero-order valence-electron chi connectivity index (χ0n) is 13.1. The van der Waals surface area contributed by atoms with Crippen LogP contribution in [0.2, 0.25) is 0 Å². The van der Waals surface area contributed by atoms with E-state index in [1.165, 1.54) is 12.8 Å². The summed E-state index contributed by atoms with van der Waals surface area (Å²) in [4.78, 5) is 27.5. The SMILES string of the molecule is O=C(NCC1CC1)[C@H]1CCCN(c2cnc3nccnc3c2)C1. The number of pyridine rings is 1. The lowest BCUT2D eigenvalue weighted by atomic mass is 9.96. The van der Waals surface area contributed by atoms with Crippen LogP contribution >= 0.6 is 0 Å². The van der Waals surface area contributed by atoms with E-state index in [9.17, 15) is 4.79 Å². The number of aromatic nitrogens is 3. The molecule has 0 unspecified atom stereocenters. The quantitative estimate of drug-likeness (QED) is 0.932. The van der Waals surface area contributed by atoms with Crippen LogP contribution in [0.25, 0.3) is 11.2 Å². The van der Waals surface area contributed by atoms with Crippen molar-refractivity contribution in [3.63, 3.8) is 0 Å². The number of amides is 1. The number of hydrogen-bond acceptors (Lipinski definition) is 5. The average molecular weight is 311 g/mol. The van der Waals surface area contributed by atoms with E-state index in [1.807, 2.05) is 12.3 Å². The van der Waals surface area contributed by atoms with Crippen LogP contribution in [0.15, 0.2) is 24.7 Å². The van der Waals surface area contributed by atoms with E-state index in [2.05, 4.69) is 25.2 Å². The number of nitrogens with zero attached hydrogens (tertiary/aromatic N) is 4. The van der Waals surface area contributed by atoms with Gasteiger partial charge < -0.3 is 10.2 Å². The lowest BCUT2D eigenvalue weighted by molar-refractivity contribution is -0.125. The van der Waals surface area contributed by atoms with Crippen molar-refractivity contribution in [3.05, 3.63) is 24.7 Å². The van der Waals surface area contributed by atoms with E-state index < -0.39 is 0 Å². The van der Waals surface area contributed by atoms with Crippen LogP contribution in [0.5, 0.6) is 0 Å². The van der Waals surface area contributed by atoms with Gasteiger partial charge in [0.2, 0.25) is 5.91 Å². The van der Waals surface area contributed by atoms with Crippen molar-refractivity contribution in [3.8, 4) is 0 Å². The predicted octanol–water partition coefficient (Wildman–Crippen LogP) is 1.77. The fourth-order valence-electron chi connectivity index (χ4n) is 3.16. The molecule has 0 spiro atoms. The summed E-state index contributed by atoms with van der Waals surface area (Å²) in [5, 5.41) is 3.11. The summed E-state index contributed by atoms with van der Waals surface area (Å²) in [6.07, 6.45) is 9.69. The molecule has 23 heavy (non-hydrogen) atoms. The molecule has 1 aliphatic carbocycles. The van der Waals surface area contributed by atoms with Crippen LogP contribution in [0.4, 0.5) is 5.69 Å². The molecule has 6 heteroatoms. The number of anilines is 1. The van der Waals surface area contributed by atoms with Crippen molar-refractivity contribution in [1.82, 2.24) is 20.3 Å². The first-order valence-electron chi connectivity index (χ1n) is 8.39. The summed E-state index contributed by atoms with van der Waals surface area (Å²) in [6.45, 7) is 2.56.